The number of imidazole rings is 1. The van der Waals surface area contributed by atoms with Crippen LogP contribution in [0.2, 0.25) is 5.02 Å². The van der Waals surface area contributed by atoms with Gasteiger partial charge in [0.05, 0.1) is 23.8 Å². The molecule has 13 heteroatoms. The Morgan fingerprint density at radius 1 is 1.11 bits per heavy atom. The topological polar surface area (TPSA) is 86.7 Å². The first kappa shape index (κ1) is 26.0. The molecule has 1 atom stereocenters. The van der Waals surface area contributed by atoms with E-state index in [1.165, 1.54) is 4.57 Å². The van der Waals surface area contributed by atoms with Gasteiger partial charge in [-0.05, 0) is 33.3 Å². The molecule has 1 aliphatic heterocycles. The van der Waals surface area contributed by atoms with Crippen LogP contribution in [0.5, 0.6) is 0 Å². The van der Waals surface area contributed by atoms with Crippen molar-refractivity contribution in [2.75, 3.05) is 4.90 Å². The summed E-state index contributed by atoms with van der Waals surface area (Å²) >= 11 is 6.40. The zero-order valence-corrected chi connectivity index (χ0v) is 22.0. The van der Waals surface area contributed by atoms with Gasteiger partial charge in [0.25, 0.3) is 0 Å². The number of fused-ring (bicyclic) bond motifs is 1. The lowest BCUT2D eigenvalue weighted by Gasteiger charge is -2.31. The van der Waals surface area contributed by atoms with Gasteiger partial charge in [-0.15, -0.1) is 5.10 Å². The number of nitrogens with zero attached hydrogens (tertiary/aromatic N) is 8. The molecule has 1 aromatic carbocycles. The fourth-order valence-corrected chi connectivity index (χ4v) is 4.83. The van der Waals surface area contributed by atoms with Crippen LogP contribution < -0.4 is 4.90 Å². The maximum absolute atomic E-state index is 13.2. The highest BCUT2D eigenvalue weighted by atomic mass is 35.5. The second-order valence-electron chi connectivity index (χ2n) is 9.38. The molecule has 0 radical (unpaired) electrons. The van der Waals surface area contributed by atoms with Crippen LogP contribution in [0.15, 0.2) is 36.7 Å². The molecule has 0 bridgehead atoms. The van der Waals surface area contributed by atoms with Gasteiger partial charge >= 0.3 is 6.18 Å². The third-order valence-electron chi connectivity index (χ3n) is 6.57. The number of amides is 1. The molecule has 38 heavy (non-hydrogen) atoms. The van der Waals surface area contributed by atoms with Crippen LogP contribution in [-0.2, 0) is 24.1 Å². The lowest BCUT2D eigenvalue weighted by atomic mass is 10.0. The first-order valence-electron chi connectivity index (χ1n) is 12.2. The second-order valence-corrected chi connectivity index (χ2v) is 9.79. The molecule has 0 saturated carbocycles. The van der Waals surface area contributed by atoms with E-state index in [1.54, 1.807) is 51.6 Å². The van der Waals surface area contributed by atoms with Gasteiger partial charge in [0.15, 0.2) is 5.69 Å². The van der Waals surface area contributed by atoms with Gasteiger partial charge in [0, 0.05) is 30.8 Å². The molecule has 0 spiro atoms. The Labute approximate surface area is 221 Å². The van der Waals surface area contributed by atoms with Crippen molar-refractivity contribution in [1.82, 2.24) is 34.1 Å². The average molecular weight is 547 g/mol. The van der Waals surface area contributed by atoms with E-state index >= 15 is 0 Å². The number of benzene rings is 1. The van der Waals surface area contributed by atoms with Gasteiger partial charge in [-0.2, -0.15) is 23.3 Å². The van der Waals surface area contributed by atoms with Crippen molar-refractivity contribution in [1.29, 1.82) is 0 Å². The highest BCUT2D eigenvalue weighted by Crippen LogP contribution is 2.35. The molecule has 3 aromatic heterocycles. The summed E-state index contributed by atoms with van der Waals surface area (Å²) in [5.41, 5.74) is 0.985. The summed E-state index contributed by atoms with van der Waals surface area (Å²) in [5.74, 6) is 0.908. The van der Waals surface area contributed by atoms with E-state index < -0.39 is 17.9 Å². The van der Waals surface area contributed by atoms with E-state index in [9.17, 15) is 18.0 Å². The fourth-order valence-electron chi connectivity index (χ4n) is 4.61. The van der Waals surface area contributed by atoms with Crippen molar-refractivity contribution in [2.24, 2.45) is 0 Å². The smallest absolute Gasteiger partial charge is 0.331 e. The minimum Gasteiger partial charge on any atom is -0.331 e. The van der Waals surface area contributed by atoms with Crippen LogP contribution in [0, 0.1) is 0 Å². The maximum atomic E-state index is 13.2. The molecule has 4 heterocycles. The average Bonchev–Trinajstić information content (AvgIpc) is 3.59. The van der Waals surface area contributed by atoms with E-state index in [0.29, 0.717) is 41.1 Å². The highest BCUT2D eigenvalue weighted by molar-refractivity contribution is 6.32. The van der Waals surface area contributed by atoms with Gasteiger partial charge in [-0.25, -0.2) is 9.67 Å². The maximum Gasteiger partial charge on any atom is 0.434 e. The zero-order chi connectivity index (χ0) is 27.4. The van der Waals surface area contributed by atoms with Crippen LogP contribution in [-0.4, -0.2) is 40.0 Å². The molecular weight excluding hydrogens is 521 g/mol. The number of aryl methyl sites for hydroxylation is 2. The monoisotopic (exact) mass is 546 g/mol. The minimum atomic E-state index is -4.52. The number of anilines is 1. The second kappa shape index (κ2) is 9.57. The molecular formula is C25H26ClF3N8O. The number of hydrogen-bond acceptors (Lipinski definition) is 5. The summed E-state index contributed by atoms with van der Waals surface area (Å²) in [6.07, 6.45) is -1.71. The quantitative estimate of drug-likeness (QED) is 0.306. The van der Waals surface area contributed by atoms with E-state index in [0.717, 1.165) is 11.8 Å². The minimum absolute atomic E-state index is 0.0312. The summed E-state index contributed by atoms with van der Waals surface area (Å²) in [6, 6.07) is 6.63. The van der Waals surface area contributed by atoms with Crippen molar-refractivity contribution in [3.05, 3.63) is 52.9 Å². The van der Waals surface area contributed by atoms with Crippen molar-refractivity contribution < 1.29 is 18.0 Å². The van der Waals surface area contributed by atoms with Crippen LogP contribution >= 0.6 is 11.6 Å². The normalized spacial score (nSPS) is 14.9. The number of alkyl halides is 3. The summed E-state index contributed by atoms with van der Waals surface area (Å²) < 4.78 is 44.5. The summed E-state index contributed by atoms with van der Waals surface area (Å²) in [6.45, 7) is 8.31. The summed E-state index contributed by atoms with van der Waals surface area (Å²) in [4.78, 5) is 23.1. The zero-order valence-electron chi connectivity index (χ0n) is 21.2. The van der Waals surface area contributed by atoms with Gasteiger partial charge in [0.2, 0.25) is 17.7 Å². The van der Waals surface area contributed by atoms with Crippen molar-refractivity contribution >= 4 is 23.5 Å². The molecule has 5 rings (SSSR count). The molecule has 1 amide bonds. The Bertz CT molecular complexity index is 1490. The number of carbonyl (C=O) groups excluding carboxylic acids is 1. The van der Waals surface area contributed by atoms with E-state index in [1.807, 2.05) is 20.8 Å². The SMILES string of the molecule is CCn1cc(C(F)(F)F)nc1-c1ccc([C@@H](C)N2C(=O)CCn3nc(-c4c(Cl)cnn4C(C)C)nc32)cc1. The molecule has 4 aromatic rings. The molecule has 1 aliphatic rings. The molecule has 0 fully saturated rings. The fraction of sp³-hybridized carbons (Fsp3) is 0.400. The third kappa shape index (κ3) is 4.46. The molecule has 9 nitrogen and oxygen atoms in total. The molecule has 0 aliphatic carbocycles. The summed E-state index contributed by atoms with van der Waals surface area (Å²) in [7, 11) is 0. The van der Waals surface area contributed by atoms with Crippen molar-refractivity contribution in [3.63, 3.8) is 0 Å². The number of halogens is 4. The predicted octanol–water partition coefficient (Wildman–Crippen LogP) is 5.78. The standard InChI is InChI=1S/C25H26ClF3N8O/c1-5-34-13-19(25(27,28)29)31-23(34)17-8-6-16(7-9-17)15(4)36-20(38)10-11-35-24(36)32-22(33-35)21-18(26)12-30-37(21)14(2)3/h6-9,12-15H,5,10-11H2,1-4H3/t15-/m1/s1. The Balaban J connectivity index is 1.47. The van der Waals surface area contributed by atoms with Crippen LogP contribution in [0.3, 0.4) is 0 Å². The van der Waals surface area contributed by atoms with E-state index in [2.05, 4.69) is 20.2 Å². The summed E-state index contributed by atoms with van der Waals surface area (Å²) in [5, 5.41) is 9.36. The number of carbonyl (C=O) groups is 1. The van der Waals surface area contributed by atoms with E-state index in [-0.39, 0.29) is 24.2 Å². The van der Waals surface area contributed by atoms with Gasteiger partial charge in [-0.3, -0.25) is 14.4 Å². The lowest BCUT2D eigenvalue weighted by Crippen LogP contribution is -2.39. The Hall–Kier alpha value is -3.67. The van der Waals surface area contributed by atoms with Crippen molar-refractivity contribution in [3.8, 4) is 22.9 Å². The largest absolute Gasteiger partial charge is 0.434 e. The molecule has 0 unspecified atom stereocenters. The molecule has 0 N–H and O–H groups in total. The van der Waals surface area contributed by atoms with Gasteiger partial charge in [-0.1, -0.05) is 35.9 Å². The van der Waals surface area contributed by atoms with Gasteiger partial charge < -0.3 is 4.57 Å². The predicted molar refractivity (Wildman–Crippen MR) is 135 cm³/mol. The third-order valence-corrected chi connectivity index (χ3v) is 6.85. The van der Waals surface area contributed by atoms with Crippen molar-refractivity contribution in [2.45, 2.75) is 65.5 Å². The lowest BCUT2D eigenvalue weighted by molar-refractivity contribution is -0.140. The number of hydrogen-bond donors (Lipinski definition) is 0. The van der Waals surface area contributed by atoms with Crippen LogP contribution in [0.25, 0.3) is 22.9 Å². The Morgan fingerprint density at radius 2 is 1.82 bits per heavy atom. The van der Waals surface area contributed by atoms with E-state index in [4.69, 9.17) is 11.6 Å². The number of aromatic nitrogens is 7. The number of rotatable bonds is 6. The first-order chi connectivity index (χ1) is 18.0. The Morgan fingerprint density at radius 3 is 2.45 bits per heavy atom. The van der Waals surface area contributed by atoms with Gasteiger partial charge in [0.1, 0.15) is 11.5 Å². The Kier molecular flexibility index (Phi) is 6.54. The highest BCUT2D eigenvalue weighted by Gasteiger charge is 2.35. The first-order valence-corrected chi connectivity index (χ1v) is 12.6. The molecule has 200 valence electrons. The molecule has 0 saturated heterocycles. The van der Waals surface area contributed by atoms with Crippen LogP contribution in [0.4, 0.5) is 19.1 Å². The van der Waals surface area contributed by atoms with Crippen LogP contribution in [0.1, 0.15) is 57.5 Å².